The number of hydrogen-bond donors (Lipinski definition) is 1. The van der Waals surface area contributed by atoms with Crippen LogP contribution in [0.25, 0.3) is 10.8 Å². The Morgan fingerprint density at radius 1 is 1.67 bits per heavy atom. The molecule has 2 rings (SSSR count). The normalized spacial score (nSPS) is 12.6. The van der Waals surface area contributed by atoms with Crippen molar-refractivity contribution in [1.29, 1.82) is 0 Å². The summed E-state index contributed by atoms with van der Waals surface area (Å²) in [5.41, 5.74) is 6.09. The fourth-order valence-electron chi connectivity index (χ4n) is 1.35. The third-order valence-corrected chi connectivity index (χ3v) is 4.53. The molecule has 0 spiro atoms. The van der Waals surface area contributed by atoms with Gasteiger partial charge in [0.2, 0.25) is 11.8 Å². The van der Waals surface area contributed by atoms with Crippen LogP contribution in [0.5, 0.6) is 0 Å². The summed E-state index contributed by atoms with van der Waals surface area (Å²) in [6.45, 7) is 3.68. The molecule has 2 N–H and O–H groups in total. The van der Waals surface area contributed by atoms with Gasteiger partial charge in [-0.3, -0.25) is 4.79 Å². The summed E-state index contributed by atoms with van der Waals surface area (Å²) < 4.78 is 5.62. The minimum absolute atomic E-state index is 0.216. The third-order valence-electron chi connectivity index (χ3n) is 2.50. The molecule has 0 aliphatic rings. The minimum Gasteiger partial charge on any atom is -0.440 e. The van der Waals surface area contributed by atoms with Crippen molar-refractivity contribution < 1.29 is 9.21 Å². The SMILES string of the molecule is Cc1oc(-c2cccs2)nc1CS[C@@H](C)C(N)=O. The van der Waals surface area contributed by atoms with Crippen LogP contribution < -0.4 is 5.73 Å². The molecule has 96 valence electrons. The number of aryl methyl sites for hydroxylation is 1. The number of thioether (sulfide) groups is 1. The second-order valence-electron chi connectivity index (χ2n) is 3.85. The maximum atomic E-state index is 11.0. The molecule has 0 fully saturated rings. The Balaban J connectivity index is 2.08. The van der Waals surface area contributed by atoms with Gasteiger partial charge in [0.05, 0.1) is 15.8 Å². The smallest absolute Gasteiger partial charge is 0.236 e. The first-order valence-corrected chi connectivity index (χ1v) is 7.42. The second kappa shape index (κ2) is 5.58. The number of nitrogens with zero attached hydrogens (tertiary/aromatic N) is 1. The number of aromatic nitrogens is 1. The molecule has 0 aromatic carbocycles. The fourth-order valence-corrected chi connectivity index (χ4v) is 2.84. The first-order valence-electron chi connectivity index (χ1n) is 5.49. The molecule has 0 radical (unpaired) electrons. The number of amides is 1. The van der Waals surface area contributed by atoms with Crippen molar-refractivity contribution in [3.8, 4) is 10.8 Å². The van der Waals surface area contributed by atoms with Gasteiger partial charge in [-0.05, 0) is 25.3 Å². The molecule has 1 atom stereocenters. The van der Waals surface area contributed by atoms with Gasteiger partial charge in [-0.1, -0.05) is 6.07 Å². The van der Waals surface area contributed by atoms with E-state index in [-0.39, 0.29) is 11.2 Å². The summed E-state index contributed by atoms with van der Waals surface area (Å²) in [4.78, 5) is 16.4. The topological polar surface area (TPSA) is 69.1 Å². The summed E-state index contributed by atoms with van der Waals surface area (Å²) in [5, 5.41) is 1.77. The maximum Gasteiger partial charge on any atom is 0.236 e. The number of oxazole rings is 1. The van der Waals surface area contributed by atoms with E-state index in [4.69, 9.17) is 10.2 Å². The lowest BCUT2D eigenvalue weighted by Gasteiger charge is -2.04. The van der Waals surface area contributed by atoms with Crippen molar-refractivity contribution in [3.05, 3.63) is 29.0 Å². The molecule has 1 amide bonds. The molecule has 0 aliphatic carbocycles. The van der Waals surface area contributed by atoms with E-state index >= 15 is 0 Å². The van der Waals surface area contributed by atoms with Crippen molar-refractivity contribution >= 4 is 29.0 Å². The molecular formula is C12H14N2O2S2. The Hall–Kier alpha value is -1.27. The molecule has 2 heterocycles. The number of rotatable bonds is 5. The maximum absolute atomic E-state index is 11.0. The summed E-state index contributed by atoms with van der Waals surface area (Å²) in [7, 11) is 0. The molecule has 0 unspecified atom stereocenters. The fraction of sp³-hybridized carbons (Fsp3) is 0.333. The predicted octanol–water partition coefficient (Wildman–Crippen LogP) is 2.82. The first-order chi connectivity index (χ1) is 8.58. The molecular weight excluding hydrogens is 268 g/mol. The van der Waals surface area contributed by atoms with E-state index in [0.29, 0.717) is 11.6 Å². The predicted molar refractivity (Wildman–Crippen MR) is 74.5 cm³/mol. The molecule has 0 bridgehead atoms. The van der Waals surface area contributed by atoms with Crippen molar-refractivity contribution in [2.45, 2.75) is 24.9 Å². The zero-order chi connectivity index (χ0) is 13.1. The minimum atomic E-state index is -0.306. The Morgan fingerprint density at radius 3 is 3.06 bits per heavy atom. The summed E-state index contributed by atoms with van der Waals surface area (Å²) in [6.07, 6.45) is 0. The van der Waals surface area contributed by atoms with Crippen molar-refractivity contribution in [2.75, 3.05) is 0 Å². The van der Waals surface area contributed by atoms with E-state index in [1.165, 1.54) is 11.8 Å². The largest absolute Gasteiger partial charge is 0.440 e. The molecule has 4 nitrogen and oxygen atoms in total. The number of nitrogens with two attached hydrogens (primary N) is 1. The van der Waals surface area contributed by atoms with Crippen LogP contribution in [0.2, 0.25) is 0 Å². The Morgan fingerprint density at radius 2 is 2.44 bits per heavy atom. The average Bonchev–Trinajstić information content (AvgIpc) is 2.94. The Kier molecular flexibility index (Phi) is 4.08. The first kappa shape index (κ1) is 13.2. The summed E-state index contributed by atoms with van der Waals surface area (Å²) in [5.74, 6) is 1.76. The quantitative estimate of drug-likeness (QED) is 0.915. The average molecular weight is 282 g/mol. The number of primary amides is 1. The molecule has 18 heavy (non-hydrogen) atoms. The van der Waals surface area contributed by atoms with Crippen LogP contribution in [0, 0.1) is 6.92 Å². The summed E-state index contributed by atoms with van der Waals surface area (Å²) in [6, 6.07) is 3.93. The second-order valence-corrected chi connectivity index (χ2v) is 6.13. The third kappa shape index (κ3) is 2.94. The monoisotopic (exact) mass is 282 g/mol. The van der Waals surface area contributed by atoms with Gasteiger partial charge in [0.15, 0.2) is 0 Å². The molecule has 2 aromatic heterocycles. The van der Waals surface area contributed by atoms with E-state index in [2.05, 4.69) is 4.98 Å². The van der Waals surface area contributed by atoms with Crippen LogP contribution >= 0.6 is 23.1 Å². The lowest BCUT2D eigenvalue weighted by molar-refractivity contribution is -0.117. The lowest BCUT2D eigenvalue weighted by atomic mass is 10.4. The highest BCUT2D eigenvalue weighted by Crippen LogP contribution is 2.28. The zero-order valence-electron chi connectivity index (χ0n) is 10.2. The van der Waals surface area contributed by atoms with E-state index in [9.17, 15) is 4.79 Å². The van der Waals surface area contributed by atoms with Gasteiger partial charge in [-0.25, -0.2) is 4.98 Å². The van der Waals surface area contributed by atoms with Gasteiger partial charge in [0, 0.05) is 5.75 Å². The van der Waals surface area contributed by atoms with Crippen LogP contribution in [0.15, 0.2) is 21.9 Å². The summed E-state index contributed by atoms with van der Waals surface area (Å²) >= 11 is 3.06. The van der Waals surface area contributed by atoms with Gasteiger partial charge in [-0.2, -0.15) is 0 Å². The molecule has 0 aliphatic heterocycles. The molecule has 0 saturated carbocycles. The Bertz CT molecular complexity index is 534. The van der Waals surface area contributed by atoms with Gasteiger partial charge in [0.25, 0.3) is 0 Å². The van der Waals surface area contributed by atoms with Gasteiger partial charge in [0.1, 0.15) is 5.76 Å². The van der Waals surface area contributed by atoms with Crippen LogP contribution in [-0.4, -0.2) is 16.1 Å². The van der Waals surface area contributed by atoms with Crippen LogP contribution in [0.3, 0.4) is 0 Å². The lowest BCUT2D eigenvalue weighted by Crippen LogP contribution is -2.22. The Labute approximate surface area is 114 Å². The standard InChI is InChI=1S/C12H14N2O2S2/c1-7-9(6-18-8(2)11(13)15)14-12(16-7)10-4-3-5-17-10/h3-5,8H,6H2,1-2H3,(H2,13,15)/t8-/m0/s1. The molecule has 6 heteroatoms. The van der Waals surface area contributed by atoms with E-state index in [1.807, 2.05) is 24.4 Å². The molecule has 2 aromatic rings. The highest BCUT2D eigenvalue weighted by molar-refractivity contribution is 7.99. The van der Waals surface area contributed by atoms with Gasteiger partial charge in [-0.15, -0.1) is 23.1 Å². The zero-order valence-corrected chi connectivity index (χ0v) is 11.8. The highest BCUT2D eigenvalue weighted by Gasteiger charge is 2.15. The van der Waals surface area contributed by atoms with Crippen molar-refractivity contribution in [1.82, 2.24) is 4.98 Å². The van der Waals surface area contributed by atoms with E-state index < -0.39 is 0 Å². The van der Waals surface area contributed by atoms with Crippen LogP contribution in [0.1, 0.15) is 18.4 Å². The number of carbonyl (C=O) groups excluding carboxylic acids is 1. The number of hydrogen-bond acceptors (Lipinski definition) is 5. The van der Waals surface area contributed by atoms with Crippen molar-refractivity contribution in [3.63, 3.8) is 0 Å². The van der Waals surface area contributed by atoms with E-state index in [0.717, 1.165) is 16.3 Å². The highest BCUT2D eigenvalue weighted by atomic mass is 32.2. The van der Waals surface area contributed by atoms with Crippen LogP contribution in [0.4, 0.5) is 0 Å². The number of thiophene rings is 1. The van der Waals surface area contributed by atoms with Crippen LogP contribution in [-0.2, 0) is 10.5 Å². The van der Waals surface area contributed by atoms with Gasteiger partial charge < -0.3 is 10.2 Å². The molecule has 0 saturated heterocycles. The van der Waals surface area contributed by atoms with Gasteiger partial charge >= 0.3 is 0 Å². The number of carbonyl (C=O) groups is 1. The van der Waals surface area contributed by atoms with E-state index in [1.54, 1.807) is 18.3 Å². The van der Waals surface area contributed by atoms with Crippen molar-refractivity contribution in [2.24, 2.45) is 5.73 Å².